The highest BCUT2D eigenvalue weighted by molar-refractivity contribution is 6.00. The summed E-state index contributed by atoms with van der Waals surface area (Å²) < 4.78 is 5.58. The van der Waals surface area contributed by atoms with Crippen LogP contribution in [0, 0.1) is 56.7 Å². The van der Waals surface area contributed by atoms with E-state index in [1.165, 1.54) is 68.9 Å². The third kappa shape index (κ3) is 4.60. The second-order valence-corrected chi connectivity index (χ2v) is 18.9. The van der Waals surface area contributed by atoms with Gasteiger partial charge in [0.2, 0.25) is 0 Å². The minimum absolute atomic E-state index is 0.0661. The Hall–Kier alpha value is -1.70. The maximum atomic E-state index is 11.8. The van der Waals surface area contributed by atoms with Gasteiger partial charge >= 0.3 is 11.9 Å². The fourth-order valence-corrected chi connectivity index (χ4v) is 14.6. The molecule has 3 unspecified atom stereocenters. The molecule has 1 aliphatic heterocycles. The Morgan fingerprint density at radius 2 is 1.62 bits per heavy atom. The molecule has 0 bridgehead atoms. The number of allylic oxidation sites excluding steroid dienone is 4. The summed E-state index contributed by atoms with van der Waals surface area (Å²) in [4.78, 5) is 26.2. The molecule has 0 aromatic heterocycles. The monoisotopic (exact) mass is 648 g/mol. The molecular formula is C40H60N2O5. The molecule has 7 aliphatic carbocycles. The summed E-state index contributed by atoms with van der Waals surface area (Å²) >= 11 is 0. The molecule has 0 aromatic carbocycles. The van der Waals surface area contributed by atoms with E-state index in [1.807, 2.05) is 0 Å². The van der Waals surface area contributed by atoms with Crippen LogP contribution >= 0.6 is 0 Å². The van der Waals surface area contributed by atoms with Crippen LogP contribution in [-0.4, -0.2) is 72.0 Å². The zero-order chi connectivity index (χ0) is 33.0. The van der Waals surface area contributed by atoms with E-state index in [-0.39, 0.29) is 23.7 Å². The van der Waals surface area contributed by atoms with Crippen molar-refractivity contribution in [1.29, 1.82) is 0 Å². The van der Waals surface area contributed by atoms with Gasteiger partial charge in [0.05, 0.1) is 13.2 Å². The van der Waals surface area contributed by atoms with Gasteiger partial charge in [-0.15, -0.1) is 0 Å². The van der Waals surface area contributed by atoms with Gasteiger partial charge in [0, 0.05) is 31.7 Å². The van der Waals surface area contributed by atoms with E-state index in [0.717, 1.165) is 75.9 Å². The van der Waals surface area contributed by atoms with Crippen molar-refractivity contribution in [2.45, 2.75) is 117 Å². The van der Waals surface area contributed by atoms with Crippen molar-refractivity contribution >= 4 is 11.9 Å². The molecule has 8 atom stereocenters. The van der Waals surface area contributed by atoms with Crippen molar-refractivity contribution in [3.8, 4) is 0 Å². The van der Waals surface area contributed by atoms with Gasteiger partial charge in [-0.2, -0.15) is 0 Å². The average molecular weight is 649 g/mol. The molecule has 7 heteroatoms. The molecule has 8 aliphatic rings. The van der Waals surface area contributed by atoms with Gasteiger partial charge in [0.1, 0.15) is 0 Å². The van der Waals surface area contributed by atoms with E-state index < -0.39 is 17.4 Å². The minimum Gasteiger partial charge on any atom is -0.480 e. The molecular weight excluding hydrogens is 588 g/mol. The Balaban J connectivity index is 0.979. The molecule has 6 fully saturated rings. The molecule has 47 heavy (non-hydrogen) atoms. The maximum Gasteiger partial charge on any atom is 0.321 e. The lowest BCUT2D eigenvalue weighted by atomic mass is 9.36. The number of morpholine rings is 1. The van der Waals surface area contributed by atoms with Crippen LogP contribution in [0.5, 0.6) is 0 Å². The van der Waals surface area contributed by atoms with Gasteiger partial charge in [-0.05, 0) is 139 Å². The molecule has 0 amide bonds. The van der Waals surface area contributed by atoms with Crippen LogP contribution in [0.1, 0.15) is 111 Å². The average Bonchev–Trinajstić information content (AvgIpc) is 3.41. The third-order valence-corrected chi connectivity index (χ3v) is 16.6. The number of rotatable bonds is 7. The summed E-state index contributed by atoms with van der Waals surface area (Å²) in [6.45, 7) is 16.5. The van der Waals surface area contributed by atoms with Crippen molar-refractivity contribution < 1.29 is 24.5 Å². The first-order valence-electron chi connectivity index (χ1n) is 19.2. The molecule has 1 heterocycles. The van der Waals surface area contributed by atoms with Crippen LogP contribution in [-0.2, 0) is 14.3 Å². The molecule has 3 N–H and O–H groups in total. The van der Waals surface area contributed by atoms with E-state index in [4.69, 9.17) is 4.74 Å². The highest BCUT2D eigenvalue weighted by atomic mass is 16.5. The second-order valence-electron chi connectivity index (χ2n) is 18.9. The van der Waals surface area contributed by atoms with Crippen molar-refractivity contribution in [2.24, 2.45) is 56.7 Å². The first kappa shape index (κ1) is 32.5. The summed E-state index contributed by atoms with van der Waals surface area (Å²) in [5, 5.41) is 23.6. The molecule has 5 saturated carbocycles. The molecule has 0 aromatic rings. The quantitative estimate of drug-likeness (QED) is 0.258. The Labute approximate surface area is 282 Å². The number of ether oxygens (including phenoxy) is 1. The topological polar surface area (TPSA) is 99.1 Å². The molecule has 1 spiro atoms. The highest BCUT2D eigenvalue weighted by Crippen LogP contribution is 2.73. The number of aliphatic carboxylic acids is 2. The Morgan fingerprint density at radius 3 is 2.32 bits per heavy atom. The molecule has 0 radical (unpaired) electrons. The zero-order valence-corrected chi connectivity index (χ0v) is 29.5. The van der Waals surface area contributed by atoms with Gasteiger partial charge in [-0.25, -0.2) is 0 Å². The lowest BCUT2D eigenvalue weighted by molar-refractivity contribution is -0.182. The first-order chi connectivity index (χ1) is 22.3. The lowest BCUT2D eigenvalue weighted by Crippen LogP contribution is -2.64. The summed E-state index contributed by atoms with van der Waals surface area (Å²) in [6.07, 6.45) is 19.7. The SMILES string of the molecule is CC1(C)C(C2=CC3(C2)CC(C(=O)O)(C(=O)O)C3)=CC[C@@]2(C)C1CC[C@@]1(C)C3CC[C@@]4(NCCN5CCOCC5)CCC[C@@H]4[C@H]3CCC12. The first-order valence-corrected chi connectivity index (χ1v) is 19.2. The number of hydrogen-bond acceptors (Lipinski definition) is 5. The summed E-state index contributed by atoms with van der Waals surface area (Å²) in [6, 6.07) is 0. The molecule has 1 saturated heterocycles. The number of nitrogens with one attached hydrogen (secondary N) is 1. The van der Waals surface area contributed by atoms with Gasteiger partial charge < -0.3 is 20.3 Å². The van der Waals surface area contributed by atoms with Crippen molar-refractivity contribution in [2.75, 3.05) is 39.4 Å². The third-order valence-electron chi connectivity index (χ3n) is 16.6. The second kappa shape index (κ2) is 10.9. The maximum absolute atomic E-state index is 11.8. The van der Waals surface area contributed by atoms with E-state index in [9.17, 15) is 19.8 Å². The normalized spacial score (nSPS) is 44.4. The fourth-order valence-electron chi connectivity index (χ4n) is 14.6. The number of hydrogen-bond donors (Lipinski definition) is 3. The number of nitrogens with zero attached hydrogens (tertiary/aromatic N) is 1. The van der Waals surface area contributed by atoms with Crippen molar-refractivity contribution in [3.05, 3.63) is 23.3 Å². The summed E-state index contributed by atoms with van der Waals surface area (Å²) in [7, 11) is 0. The van der Waals surface area contributed by atoms with E-state index in [2.05, 4.69) is 50.1 Å². The smallest absolute Gasteiger partial charge is 0.321 e. The van der Waals surface area contributed by atoms with Crippen LogP contribution < -0.4 is 5.32 Å². The van der Waals surface area contributed by atoms with Gasteiger partial charge in [0.25, 0.3) is 0 Å². The van der Waals surface area contributed by atoms with Crippen LogP contribution in [0.15, 0.2) is 23.3 Å². The van der Waals surface area contributed by atoms with Crippen LogP contribution in [0.3, 0.4) is 0 Å². The highest BCUT2D eigenvalue weighted by Gasteiger charge is 2.68. The van der Waals surface area contributed by atoms with Crippen molar-refractivity contribution in [1.82, 2.24) is 10.2 Å². The predicted octanol–water partition coefficient (Wildman–Crippen LogP) is 6.93. The molecule has 7 nitrogen and oxygen atoms in total. The number of carbonyl (C=O) groups is 2. The Kier molecular flexibility index (Phi) is 7.54. The number of carboxylic acid groups (broad SMARTS) is 2. The number of fused-ring (bicyclic) bond motifs is 7. The Bertz CT molecular complexity index is 1360. The zero-order valence-electron chi connectivity index (χ0n) is 29.5. The van der Waals surface area contributed by atoms with Crippen LogP contribution in [0.25, 0.3) is 0 Å². The lowest BCUT2D eigenvalue weighted by Gasteiger charge is -2.69. The van der Waals surface area contributed by atoms with Gasteiger partial charge in [-0.3, -0.25) is 14.5 Å². The summed E-state index contributed by atoms with van der Waals surface area (Å²) in [5.41, 5.74) is 2.15. The number of carboxylic acids is 2. The van der Waals surface area contributed by atoms with E-state index in [1.54, 1.807) is 0 Å². The molecule has 8 rings (SSSR count). The van der Waals surface area contributed by atoms with Crippen LogP contribution in [0.4, 0.5) is 0 Å². The molecule has 260 valence electrons. The standard InChI is InChI=1S/C40H60N2O5/c1-35(2)28(26-22-38(23-26)24-39(25-38,33(43)44)34(45)46)9-13-37(4)31(35)11-14-36(3)29-10-15-40(41-16-17-42-18-20-47-21-19-42)12-5-6-30(40)27(29)7-8-32(36)37/h9,22,27,29-32,41H,5-8,10-21,23-25H2,1-4H3,(H,43,44)(H,45,46)/t27-,29?,30+,31?,32?,36-,37-,40-/m0/s1. The summed E-state index contributed by atoms with van der Waals surface area (Å²) in [5.74, 6) is 1.60. The van der Waals surface area contributed by atoms with E-state index in [0.29, 0.717) is 22.3 Å². The fraction of sp³-hybridized carbons (Fsp3) is 0.850. The largest absolute Gasteiger partial charge is 0.480 e. The van der Waals surface area contributed by atoms with Gasteiger partial charge in [-0.1, -0.05) is 46.3 Å². The van der Waals surface area contributed by atoms with E-state index >= 15 is 0 Å². The van der Waals surface area contributed by atoms with Gasteiger partial charge in [0.15, 0.2) is 5.41 Å². The van der Waals surface area contributed by atoms with Crippen molar-refractivity contribution in [3.63, 3.8) is 0 Å². The van der Waals surface area contributed by atoms with Crippen LogP contribution in [0.2, 0.25) is 0 Å². The Morgan fingerprint density at radius 1 is 0.894 bits per heavy atom. The minimum atomic E-state index is -1.60. The predicted molar refractivity (Wildman–Crippen MR) is 182 cm³/mol.